The van der Waals surface area contributed by atoms with E-state index >= 15 is 0 Å². The first-order chi connectivity index (χ1) is 9.29. The summed E-state index contributed by atoms with van der Waals surface area (Å²) in [6.07, 6.45) is 8.28. The highest BCUT2D eigenvalue weighted by Gasteiger charge is 2.15. The summed E-state index contributed by atoms with van der Waals surface area (Å²) in [4.78, 5) is 12.0. The van der Waals surface area contributed by atoms with E-state index in [2.05, 4.69) is 5.32 Å². The Labute approximate surface area is 120 Å². The number of rotatable bonds is 5. The van der Waals surface area contributed by atoms with Crippen LogP contribution in [0, 0.1) is 5.92 Å². The third kappa shape index (κ3) is 4.54. The van der Waals surface area contributed by atoms with E-state index in [-0.39, 0.29) is 5.91 Å². The zero-order valence-electron chi connectivity index (χ0n) is 11.3. The minimum Gasteiger partial charge on any atom is -0.326 e. The van der Waals surface area contributed by atoms with E-state index in [0.717, 1.165) is 23.6 Å². The van der Waals surface area contributed by atoms with Crippen LogP contribution in [0.5, 0.6) is 0 Å². The van der Waals surface area contributed by atoms with Gasteiger partial charge in [-0.2, -0.15) is 0 Å². The van der Waals surface area contributed by atoms with E-state index in [1.807, 2.05) is 24.3 Å². The van der Waals surface area contributed by atoms with Crippen LogP contribution in [0.1, 0.15) is 50.5 Å². The van der Waals surface area contributed by atoms with Crippen molar-refractivity contribution in [1.29, 1.82) is 0 Å². The smallest absolute Gasteiger partial charge is 0.224 e. The molecule has 19 heavy (non-hydrogen) atoms. The summed E-state index contributed by atoms with van der Waals surface area (Å²) in [7, 11) is 0. The third-order valence-corrected chi connectivity index (χ3v) is 4.23. The molecule has 1 saturated carbocycles. The highest BCUT2D eigenvalue weighted by atomic mass is 35.5. The number of anilines is 1. The second-order valence-corrected chi connectivity index (χ2v) is 5.65. The van der Waals surface area contributed by atoms with Crippen molar-refractivity contribution in [2.45, 2.75) is 50.8 Å². The fourth-order valence-electron chi connectivity index (χ4n) is 2.78. The Bertz CT molecular complexity index is 413. The Morgan fingerprint density at radius 2 is 1.95 bits per heavy atom. The molecule has 0 aliphatic heterocycles. The van der Waals surface area contributed by atoms with Crippen LogP contribution in [0.15, 0.2) is 24.3 Å². The molecule has 0 atom stereocenters. The van der Waals surface area contributed by atoms with Gasteiger partial charge in [-0.05, 0) is 24.0 Å². The summed E-state index contributed by atoms with van der Waals surface area (Å²) in [5.41, 5.74) is 1.83. The molecule has 0 aromatic heterocycles. The molecule has 1 N–H and O–H groups in total. The Morgan fingerprint density at radius 1 is 1.21 bits per heavy atom. The number of carbonyl (C=O) groups excluding carboxylic acids is 1. The minimum atomic E-state index is 0.114. The zero-order valence-corrected chi connectivity index (χ0v) is 12.1. The minimum absolute atomic E-state index is 0.114. The molecule has 1 aliphatic carbocycles. The second-order valence-electron chi connectivity index (χ2n) is 5.38. The van der Waals surface area contributed by atoms with Crippen LogP contribution < -0.4 is 5.32 Å². The number of halogens is 1. The Morgan fingerprint density at radius 3 is 2.68 bits per heavy atom. The molecule has 1 amide bonds. The monoisotopic (exact) mass is 279 g/mol. The van der Waals surface area contributed by atoms with E-state index in [9.17, 15) is 4.79 Å². The van der Waals surface area contributed by atoms with Crippen LogP contribution >= 0.6 is 11.6 Å². The molecule has 3 heteroatoms. The maximum atomic E-state index is 12.0. The normalized spacial score (nSPS) is 16.3. The average molecular weight is 280 g/mol. The van der Waals surface area contributed by atoms with E-state index in [1.54, 1.807) is 0 Å². The molecule has 104 valence electrons. The molecule has 1 aromatic rings. The number of amides is 1. The maximum Gasteiger partial charge on any atom is 0.224 e. The third-order valence-electron chi connectivity index (χ3n) is 3.94. The van der Waals surface area contributed by atoms with Crippen molar-refractivity contribution in [3.63, 3.8) is 0 Å². The van der Waals surface area contributed by atoms with Crippen LogP contribution in [-0.4, -0.2) is 5.91 Å². The number of carbonyl (C=O) groups is 1. The lowest BCUT2D eigenvalue weighted by molar-refractivity contribution is -0.116. The zero-order chi connectivity index (χ0) is 13.5. The van der Waals surface area contributed by atoms with E-state index < -0.39 is 0 Å². The number of hydrogen-bond donors (Lipinski definition) is 1. The molecule has 0 spiro atoms. The van der Waals surface area contributed by atoms with Crippen LogP contribution in [0.25, 0.3) is 0 Å². The predicted molar refractivity (Wildman–Crippen MR) is 80.4 cm³/mol. The molecule has 0 radical (unpaired) electrons. The van der Waals surface area contributed by atoms with Gasteiger partial charge >= 0.3 is 0 Å². The first kappa shape index (κ1) is 14.4. The van der Waals surface area contributed by atoms with E-state index in [1.165, 1.54) is 32.1 Å². The molecule has 1 aliphatic rings. The second kappa shape index (κ2) is 7.54. The van der Waals surface area contributed by atoms with Crippen LogP contribution in [-0.2, 0) is 10.7 Å². The standard InChI is InChI=1S/C16H22ClNO/c17-12-14-8-4-5-9-15(14)18-16(19)11-10-13-6-2-1-3-7-13/h4-5,8-9,13H,1-3,6-7,10-12H2,(H,18,19). The SMILES string of the molecule is O=C(CCC1CCCCC1)Nc1ccccc1CCl. The molecular formula is C16H22ClNO. The molecule has 0 saturated heterocycles. The molecule has 1 aromatic carbocycles. The molecular weight excluding hydrogens is 258 g/mol. The Balaban J connectivity index is 1.80. The highest BCUT2D eigenvalue weighted by molar-refractivity contribution is 6.17. The van der Waals surface area contributed by atoms with Gasteiger partial charge in [-0.3, -0.25) is 4.79 Å². The molecule has 0 unspecified atom stereocenters. The van der Waals surface area contributed by atoms with Gasteiger partial charge in [0, 0.05) is 18.0 Å². The summed E-state index contributed by atoms with van der Waals surface area (Å²) in [6.45, 7) is 0. The Hall–Kier alpha value is -1.02. The fraction of sp³-hybridized carbons (Fsp3) is 0.562. The summed E-state index contributed by atoms with van der Waals surface area (Å²) in [5, 5.41) is 2.98. The summed E-state index contributed by atoms with van der Waals surface area (Å²) >= 11 is 5.86. The molecule has 2 rings (SSSR count). The van der Waals surface area contributed by atoms with E-state index in [0.29, 0.717) is 12.3 Å². The highest BCUT2D eigenvalue weighted by Crippen LogP contribution is 2.27. The van der Waals surface area contributed by atoms with Gasteiger partial charge in [0.1, 0.15) is 0 Å². The molecule has 0 heterocycles. The lowest BCUT2D eigenvalue weighted by atomic mass is 9.86. The van der Waals surface area contributed by atoms with Crippen molar-refractivity contribution < 1.29 is 4.79 Å². The fourth-order valence-corrected chi connectivity index (χ4v) is 3.02. The van der Waals surface area contributed by atoms with Crippen molar-refractivity contribution >= 4 is 23.2 Å². The van der Waals surface area contributed by atoms with Crippen molar-refractivity contribution in [3.8, 4) is 0 Å². The summed E-state index contributed by atoms with van der Waals surface area (Å²) in [6, 6.07) is 7.72. The molecule has 1 fully saturated rings. The van der Waals surface area contributed by atoms with Gasteiger partial charge in [0.15, 0.2) is 0 Å². The maximum absolute atomic E-state index is 12.0. The number of alkyl halides is 1. The van der Waals surface area contributed by atoms with Gasteiger partial charge in [-0.25, -0.2) is 0 Å². The van der Waals surface area contributed by atoms with Gasteiger partial charge < -0.3 is 5.32 Å². The topological polar surface area (TPSA) is 29.1 Å². The van der Waals surface area contributed by atoms with Crippen molar-refractivity contribution in [2.24, 2.45) is 5.92 Å². The van der Waals surface area contributed by atoms with Crippen LogP contribution in [0.3, 0.4) is 0 Å². The number of para-hydroxylation sites is 1. The lowest BCUT2D eigenvalue weighted by Gasteiger charge is -2.21. The van der Waals surface area contributed by atoms with Gasteiger partial charge in [0.25, 0.3) is 0 Å². The Kier molecular flexibility index (Phi) is 5.71. The summed E-state index contributed by atoms with van der Waals surface area (Å²) in [5.74, 6) is 1.30. The van der Waals surface area contributed by atoms with Crippen molar-refractivity contribution in [1.82, 2.24) is 0 Å². The number of hydrogen-bond acceptors (Lipinski definition) is 1. The van der Waals surface area contributed by atoms with Gasteiger partial charge in [0.05, 0.1) is 0 Å². The summed E-state index contributed by atoms with van der Waals surface area (Å²) < 4.78 is 0. The molecule has 0 bridgehead atoms. The first-order valence-electron chi connectivity index (χ1n) is 7.23. The van der Waals surface area contributed by atoms with E-state index in [4.69, 9.17) is 11.6 Å². The van der Waals surface area contributed by atoms with Gasteiger partial charge in [-0.15, -0.1) is 11.6 Å². The quantitative estimate of drug-likeness (QED) is 0.776. The van der Waals surface area contributed by atoms with Crippen molar-refractivity contribution in [2.75, 3.05) is 5.32 Å². The van der Waals surface area contributed by atoms with Crippen LogP contribution in [0.2, 0.25) is 0 Å². The number of benzene rings is 1. The van der Waals surface area contributed by atoms with Gasteiger partial charge in [0.2, 0.25) is 5.91 Å². The predicted octanol–water partition coefficient (Wildman–Crippen LogP) is 4.72. The lowest BCUT2D eigenvalue weighted by Crippen LogP contribution is -2.15. The van der Waals surface area contributed by atoms with Crippen molar-refractivity contribution in [3.05, 3.63) is 29.8 Å². The molecule has 2 nitrogen and oxygen atoms in total. The van der Waals surface area contributed by atoms with Gasteiger partial charge in [-0.1, -0.05) is 50.3 Å². The first-order valence-corrected chi connectivity index (χ1v) is 7.77. The largest absolute Gasteiger partial charge is 0.326 e. The number of nitrogens with one attached hydrogen (secondary N) is 1. The average Bonchev–Trinajstić information content (AvgIpc) is 2.47. The van der Waals surface area contributed by atoms with Crippen LogP contribution in [0.4, 0.5) is 5.69 Å².